The second-order valence-corrected chi connectivity index (χ2v) is 9.54. The van der Waals surface area contributed by atoms with Crippen molar-refractivity contribution in [1.82, 2.24) is 14.5 Å². The molecule has 0 saturated carbocycles. The molecule has 1 amide bonds. The van der Waals surface area contributed by atoms with Gasteiger partial charge < -0.3 is 4.57 Å². The Labute approximate surface area is 195 Å². The molecule has 0 bridgehead atoms. The van der Waals surface area contributed by atoms with Crippen molar-refractivity contribution in [3.8, 4) is 0 Å². The summed E-state index contributed by atoms with van der Waals surface area (Å²) < 4.78 is 3.06. The van der Waals surface area contributed by atoms with Crippen molar-refractivity contribution in [2.75, 3.05) is 17.7 Å². The summed E-state index contributed by atoms with van der Waals surface area (Å²) in [6.45, 7) is 3.35. The SMILES string of the molecule is CSc1ccc(CC(=O)N(CCCn2ccnc2)c2nc3c(C)c(Cl)ccc3s2)cc1. The van der Waals surface area contributed by atoms with Gasteiger partial charge in [0.1, 0.15) is 0 Å². The predicted molar refractivity (Wildman–Crippen MR) is 130 cm³/mol. The first-order valence-corrected chi connectivity index (χ1v) is 12.4. The van der Waals surface area contributed by atoms with E-state index in [-0.39, 0.29) is 5.91 Å². The van der Waals surface area contributed by atoms with Crippen LogP contribution < -0.4 is 4.90 Å². The molecule has 0 radical (unpaired) electrons. The van der Waals surface area contributed by atoms with Gasteiger partial charge in [0.25, 0.3) is 0 Å². The van der Waals surface area contributed by atoms with Crippen molar-refractivity contribution in [3.05, 3.63) is 71.3 Å². The Morgan fingerprint density at radius 2 is 2.03 bits per heavy atom. The molecule has 4 aromatic rings. The largest absolute Gasteiger partial charge is 0.337 e. The monoisotopic (exact) mass is 470 g/mol. The molecule has 0 fully saturated rings. The molecule has 0 aliphatic heterocycles. The molecule has 0 unspecified atom stereocenters. The van der Waals surface area contributed by atoms with E-state index in [4.69, 9.17) is 16.6 Å². The molecule has 8 heteroatoms. The maximum absolute atomic E-state index is 13.3. The number of hydrogen-bond acceptors (Lipinski definition) is 5. The number of benzene rings is 2. The van der Waals surface area contributed by atoms with E-state index < -0.39 is 0 Å². The van der Waals surface area contributed by atoms with Crippen LogP contribution in [0.25, 0.3) is 10.2 Å². The molecule has 2 aromatic heterocycles. The Bertz CT molecular complexity index is 1170. The van der Waals surface area contributed by atoms with Crippen LogP contribution in [0.5, 0.6) is 0 Å². The predicted octanol–water partition coefficient (Wildman–Crippen LogP) is 5.84. The van der Waals surface area contributed by atoms with Crippen LogP contribution in [-0.4, -0.2) is 33.2 Å². The average Bonchev–Trinajstić information content (AvgIpc) is 3.44. The Kier molecular flexibility index (Phi) is 6.95. The third-order valence-corrected chi connectivity index (χ3v) is 7.34. The highest BCUT2D eigenvalue weighted by Crippen LogP contribution is 2.34. The summed E-state index contributed by atoms with van der Waals surface area (Å²) in [6.07, 6.45) is 8.69. The van der Waals surface area contributed by atoms with Gasteiger partial charge in [-0.3, -0.25) is 9.69 Å². The normalized spacial score (nSPS) is 11.2. The number of anilines is 1. The number of thioether (sulfide) groups is 1. The topological polar surface area (TPSA) is 51.0 Å². The third kappa shape index (κ3) is 5.11. The molecular formula is C23H23ClN4OS2. The maximum atomic E-state index is 13.3. The standard InChI is InChI=1S/C23H23ClN4OS2/c1-16-19(24)8-9-20-22(16)26-23(31-20)28(12-3-11-27-13-10-25-15-27)21(29)14-17-4-6-18(30-2)7-5-17/h4-10,13,15H,3,11-12,14H2,1-2H3. The molecular weight excluding hydrogens is 448 g/mol. The fraction of sp³-hybridized carbons (Fsp3) is 0.261. The molecule has 2 heterocycles. The Morgan fingerprint density at radius 1 is 1.23 bits per heavy atom. The molecule has 5 nitrogen and oxygen atoms in total. The first kappa shape index (κ1) is 21.9. The Morgan fingerprint density at radius 3 is 2.74 bits per heavy atom. The Balaban J connectivity index is 1.58. The van der Waals surface area contributed by atoms with Crippen molar-refractivity contribution in [1.29, 1.82) is 0 Å². The van der Waals surface area contributed by atoms with Gasteiger partial charge in [0.2, 0.25) is 5.91 Å². The van der Waals surface area contributed by atoms with Crippen LogP contribution in [0.4, 0.5) is 5.13 Å². The second kappa shape index (κ2) is 9.85. The lowest BCUT2D eigenvalue weighted by Crippen LogP contribution is -2.33. The van der Waals surface area contributed by atoms with Crippen molar-refractivity contribution in [3.63, 3.8) is 0 Å². The molecule has 2 aromatic carbocycles. The van der Waals surface area contributed by atoms with Gasteiger partial charge in [0.15, 0.2) is 5.13 Å². The summed E-state index contributed by atoms with van der Waals surface area (Å²) in [5, 5.41) is 1.41. The fourth-order valence-electron chi connectivity index (χ4n) is 3.38. The van der Waals surface area contributed by atoms with Crippen LogP contribution in [-0.2, 0) is 17.8 Å². The van der Waals surface area contributed by atoms with E-state index >= 15 is 0 Å². The summed E-state index contributed by atoms with van der Waals surface area (Å²) in [5.41, 5.74) is 2.81. The van der Waals surface area contributed by atoms with Gasteiger partial charge in [-0.05, 0) is 55.0 Å². The molecule has 4 rings (SSSR count). The summed E-state index contributed by atoms with van der Waals surface area (Å²) in [4.78, 5) is 25.2. The first-order valence-electron chi connectivity index (χ1n) is 10.00. The summed E-state index contributed by atoms with van der Waals surface area (Å²) in [5.74, 6) is 0.0466. The lowest BCUT2D eigenvalue weighted by molar-refractivity contribution is -0.118. The summed E-state index contributed by atoms with van der Waals surface area (Å²) in [6, 6.07) is 12.0. The van der Waals surface area contributed by atoms with Crippen LogP contribution in [0, 0.1) is 6.92 Å². The van der Waals surface area contributed by atoms with Crippen molar-refractivity contribution < 1.29 is 4.79 Å². The van der Waals surface area contributed by atoms with Crippen LogP contribution in [0.2, 0.25) is 5.02 Å². The van der Waals surface area contributed by atoms with Gasteiger partial charge in [-0.25, -0.2) is 9.97 Å². The number of fused-ring (bicyclic) bond motifs is 1. The molecule has 160 valence electrons. The van der Waals surface area contributed by atoms with Crippen molar-refractivity contribution in [2.24, 2.45) is 0 Å². The zero-order valence-electron chi connectivity index (χ0n) is 17.4. The van der Waals surface area contributed by atoms with Crippen LogP contribution in [0.1, 0.15) is 17.5 Å². The van der Waals surface area contributed by atoms with Crippen LogP contribution in [0.15, 0.2) is 60.0 Å². The quantitative estimate of drug-likeness (QED) is 0.303. The van der Waals surface area contributed by atoms with E-state index in [1.807, 2.05) is 53.1 Å². The van der Waals surface area contributed by atoms with E-state index in [1.54, 1.807) is 24.3 Å². The minimum absolute atomic E-state index is 0.0466. The van der Waals surface area contributed by atoms with E-state index in [0.717, 1.165) is 39.4 Å². The lowest BCUT2D eigenvalue weighted by Gasteiger charge is -2.20. The first-order chi connectivity index (χ1) is 15.0. The van der Waals surface area contributed by atoms with Gasteiger partial charge in [0, 0.05) is 35.4 Å². The zero-order chi connectivity index (χ0) is 21.8. The van der Waals surface area contributed by atoms with Crippen LogP contribution >= 0.6 is 34.7 Å². The highest BCUT2D eigenvalue weighted by Gasteiger charge is 2.21. The Hall–Kier alpha value is -2.35. The van der Waals surface area contributed by atoms with E-state index in [9.17, 15) is 4.79 Å². The number of hydrogen-bond donors (Lipinski definition) is 0. The molecule has 31 heavy (non-hydrogen) atoms. The molecule has 0 saturated heterocycles. The van der Waals surface area contributed by atoms with E-state index in [2.05, 4.69) is 17.1 Å². The number of aryl methyl sites for hydroxylation is 2. The number of carbonyl (C=O) groups excluding carboxylic acids is 1. The molecule has 0 aliphatic rings. The van der Waals surface area contributed by atoms with Gasteiger partial charge in [-0.1, -0.05) is 35.1 Å². The van der Waals surface area contributed by atoms with Crippen molar-refractivity contribution >= 4 is 56.0 Å². The maximum Gasteiger partial charge on any atom is 0.233 e. The number of aromatic nitrogens is 3. The minimum Gasteiger partial charge on any atom is -0.337 e. The molecule has 0 atom stereocenters. The number of thiazole rings is 1. The van der Waals surface area contributed by atoms with Crippen molar-refractivity contribution in [2.45, 2.75) is 31.2 Å². The molecule has 0 spiro atoms. The van der Waals surface area contributed by atoms with E-state index in [1.165, 1.54) is 16.2 Å². The smallest absolute Gasteiger partial charge is 0.233 e. The second-order valence-electron chi connectivity index (χ2n) is 7.24. The minimum atomic E-state index is 0.0466. The number of amides is 1. The summed E-state index contributed by atoms with van der Waals surface area (Å²) in [7, 11) is 0. The highest BCUT2D eigenvalue weighted by atomic mass is 35.5. The average molecular weight is 471 g/mol. The number of imidazole rings is 1. The number of halogens is 1. The van der Waals surface area contributed by atoms with Crippen LogP contribution in [0.3, 0.4) is 0 Å². The molecule has 0 N–H and O–H groups in total. The number of rotatable bonds is 8. The third-order valence-electron chi connectivity index (χ3n) is 5.14. The van der Waals surface area contributed by atoms with Gasteiger partial charge in [-0.2, -0.15) is 0 Å². The van der Waals surface area contributed by atoms with Gasteiger partial charge >= 0.3 is 0 Å². The van der Waals surface area contributed by atoms with E-state index in [0.29, 0.717) is 18.0 Å². The molecule has 0 aliphatic carbocycles. The fourth-order valence-corrected chi connectivity index (χ4v) is 5.00. The van der Waals surface area contributed by atoms with Gasteiger partial charge in [-0.15, -0.1) is 11.8 Å². The van der Waals surface area contributed by atoms with Gasteiger partial charge in [0.05, 0.1) is 23.0 Å². The lowest BCUT2D eigenvalue weighted by atomic mass is 10.1. The summed E-state index contributed by atoms with van der Waals surface area (Å²) >= 11 is 9.51. The number of carbonyl (C=O) groups is 1. The highest BCUT2D eigenvalue weighted by molar-refractivity contribution is 7.98. The number of nitrogens with zero attached hydrogens (tertiary/aromatic N) is 4. The zero-order valence-corrected chi connectivity index (χ0v) is 19.8.